The molecule has 1 aliphatic carbocycles. The van der Waals surface area contributed by atoms with E-state index in [4.69, 9.17) is 10.5 Å². The summed E-state index contributed by atoms with van der Waals surface area (Å²) in [5, 5.41) is 10.4. The second kappa shape index (κ2) is 5.62. The standard InChI is InChI=1S/C18H17N5O/c1-11-10-21-18(24-15-7-14(20)8-15)17(22-11)23-6-5-12-3-2-4-13(9-19)16(12)23/h2-6,10,14-15H,7-8,20H2,1H3. The summed E-state index contributed by atoms with van der Waals surface area (Å²) in [6.07, 6.45) is 5.31. The van der Waals surface area contributed by atoms with Crippen molar-refractivity contribution in [2.45, 2.75) is 31.9 Å². The minimum absolute atomic E-state index is 0.0769. The third kappa shape index (κ3) is 2.39. The molecule has 0 aliphatic heterocycles. The number of rotatable bonds is 3. The maximum absolute atomic E-state index is 9.43. The lowest BCUT2D eigenvalue weighted by Gasteiger charge is -2.32. The van der Waals surface area contributed by atoms with Gasteiger partial charge in [-0.05, 0) is 31.9 Å². The van der Waals surface area contributed by atoms with Crippen LogP contribution < -0.4 is 10.5 Å². The molecule has 2 aromatic heterocycles. The molecule has 1 saturated carbocycles. The van der Waals surface area contributed by atoms with Gasteiger partial charge in [-0.15, -0.1) is 0 Å². The molecule has 0 spiro atoms. The maximum Gasteiger partial charge on any atom is 0.258 e. The Labute approximate surface area is 139 Å². The summed E-state index contributed by atoms with van der Waals surface area (Å²) < 4.78 is 7.87. The van der Waals surface area contributed by atoms with Crippen LogP contribution in [0.25, 0.3) is 16.7 Å². The first-order valence-electron chi connectivity index (χ1n) is 7.92. The second-order valence-electron chi connectivity index (χ2n) is 6.15. The monoisotopic (exact) mass is 319 g/mol. The number of para-hydroxylation sites is 1. The fourth-order valence-electron chi connectivity index (χ4n) is 3.01. The van der Waals surface area contributed by atoms with Gasteiger partial charge in [-0.1, -0.05) is 12.1 Å². The van der Waals surface area contributed by atoms with E-state index in [0.717, 1.165) is 29.4 Å². The SMILES string of the molecule is Cc1cnc(OC2CC(N)C2)c(-n2ccc3cccc(C#N)c32)n1. The molecule has 4 rings (SSSR count). The van der Waals surface area contributed by atoms with Crippen molar-refractivity contribution < 1.29 is 4.74 Å². The van der Waals surface area contributed by atoms with Gasteiger partial charge in [0.05, 0.1) is 23.0 Å². The van der Waals surface area contributed by atoms with Crippen LogP contribution in [0.15, 0.2) is 36.7 Å². The molecule has 2 heterocycles. The van der Waals surface area contributed by atoms with Gasteiger partial charge in [-0.25, -0.2) is 9.97 Å². The predicted octanol–water partition coefficient (Wildman–Crippen LogP) is 2.47. The second-order valence-corrected chi connectivity index (χ2v) is 6.15. The number of nitrogens with zero attached hydrogens (tertiary/aromatic N) is 4. The Morgan fingerprint density at radius 2 is 2.17 bits per heavy atom. The van der Waals surface area contributed by atoms with Crippen LogP contribution in [0.1, 0.15) is 24.1 Å². The van der Waals surface area contributed by atoms with Gasteiger partial charge in [0, 0.05) is 17.6 Å². The predicted molar refractivity (Wildman–Crippen MR) is 89.9 cm³/mol. The molecule has 1 fully saturated rings. The summed E-state index contributed by atoms with van der Waals surface area (Å²) in [7, 11) is 0. The Bertz CT molecular complexity index is 950. The number of nitrogens with two attached hydrogens (primary N) is 1. The summed E-state index contributed by atoms with van der Waals surface area (Å²) in [5.41, 5.74) is 8.03. The van der Waals surface area contributed by atoms with Gasteiger partial charge in [0.25, 0.3) is 5.88 Å². The largest absolute Gasteiger partial charge is 0.472 e. The average molecular weight is 319 g/mol. The van der Waals surface area contributed by atoms with Crippen LogP contribution >= 0.6 is 0 Å². The Balaban J connectivity index is 1.84. The molecule has 120 valence electrons. The van der Waals surface area contributed by atoms with Crippen molar-refractivity contribution in [3.8, 4) is 17.8 Å². The molecule has 0 amide bonds. The zero-order chi connectivity index (χ0) is 16.7. The van der Waals surface area contributed by atoms with Gasteiger partial charge in [0.15, 0.2) is 0 Å². The molecule has 0 radical (unpaired) electrons. The third-order valence-electron chi connectivity index (χ3n) is 4.31. The fourth-order valence-corrected chi connectivity index (χ4v) is 3.01. The molecule has 0 saturated heterocycles. The maximum atomic E-state index is 9.43. The number of hydrogen-bond donors (Lipinski definition) is 1. The number of aromatic nitrogens is 3. The topological polar surface area (TPSA) is 89.8 Å². The fraction of sp³-hybridized carbons (Fsp3) is 0.278. The molecular formula is C18H17N5O. The zero-order valence-corrected chi connectivity index (χ0v) is 13.3. The lowest BCUT2D eigenvalue weighted by molar-refractivity contribution is 0.0952. The van der Waals surface area contributed by atoms with Crippen molar-refractivity contribution in [1.29, 1.82) is 5.26 Å². The van der Waals surface area contributed by atoms with E-state index in [0.29, 0.717) is 17.3 Å². The van der Waals surface area contributed by atoms with Crippen molar-refractivity contribution in [3.05, 3.63) is 47.9 Å². The van der Waals surface area contributed by atoms with Gasteiger partial charge in [0.1, 0.15) is 12.2 Å². The molecule has 24 heavy (non-hydrogen) atoms. The van der Waals surface area contributed by atoms with E-state index in [9.17, 15) is 5.26 Å². The first kappa shape index (κ1) is 14.7. The minimum Gasteiger partial charge on any atom is -0.472 e. The molecule has 0 unspecified atom stereocenters. The number of ether oxygens (including phenoxy) is 1. The van der Waals surface area contributed by atoms with Gasteiger partial charge in [0.2, 0.25) is 5.82 Å². The summed E-state index contributed by atoms with van der Waals surface area (Å²) >= 11 is 0. The van der Waals surface area contributed by atoms with E-state index < -0.39 is 0 Å². The van der Waals surface area contributed by atoms with E-state index in [-0.39, 0.29) is 12.1 Å². The minimum atomic E-state index is 0.0769. The smallest absolute Gasteiger partial charge is 0.258 e. The Morgan fingerprint density at radius 1 is 1.33 bits per heavy atom. The average Bonchev–Trinajstić information content (AvgIpc) is 2.99. The first-order chi connectivity index (χ1) is 11.7. The molecule has 6 heteroatoms. The molecule has 3 aromatic rings. The lowest BCUT2D eigenvalue weighted by atomic mass is 9.90. The van der Waals surface area contributed by atoms with E-state index in [1.165, 1.54) is 0 Å². The number of benzene rings is 1. The van der Waals surface area contributed by atoms with Crippen LogP contribution in [0, 0.1) is 18.3 Å². The molecule has 6 nitrogen and oxygen atoms in total. The van der Waals surface area contributed by atoms with E-state index in [2.05, 4.69) is 16.0 Å². The highest BCUT2D eigenvalue weighted by Gasteiger charge is 2.29. The molecule has 0 atom stereocenters. The Morgan fingerprint density at radius 3 is 2.92 bits per heavy atom. The summed E-state index contributed by atoms with van der Waals surface area (Å²) in [5.74, 6) is 1.08. The van der Waals surface area contributed by atoms with Crippen LogP contribution in [-0.4, -0.2) is 26.7 Å². The van der Waals surface area contributed by atoms with E-state index in [1.54, 1.807) is 12.3 Å². The highest BCUT2D eigenvalue weighted by Crippen LogP contribution is 2.30. The number of fused-ring (bicyclic) bond motifs is 1. The van der Waals surface area contributed by atoms with Crippen LogP contribution in [0.4, 0.5) is 0 Å². The highest BCUT2D eigenvalue weighted by molar-refractivity contribution is 5.87. The van der Waals surface area contributed by atoms with Crippen LogP contribution in [0.3, 0.4) is 0 Å². The Kier molecular flexibility index (Phi) is 3.44. The highest BCUT2D eigenvalue weighted by atomic mass is 16.5. The van der Waals surface area contributed by atoms with Crippen molar-refractivity contribution >= 4 is 10.9 Å². The lowest BCUT2D eigenvalue weighted by Crippen LogP contribution is -2.43. The Hall–Kier alpha value is -2.91. The van der Waals surface area contributed by atoms with E-state index >= 15 is 0 Å². The number of nitriles is 1. The normalized spacial score (nSPS) is 19.7. The number of hydrogen-bond acceptors (Lipinski definition) is 5. The van der Waals surface area contributed by atoms with E-state index in [1.807, 2.05) is 35.9 Å². The molecular weight excluding hydrogens is 302 g/mol. The van der Waals surface area contributed by atoms with Crippen molar-refractivity contribution in [2.75, 3.05) is 0 Å². The molecule has 1 aromatic carbocycles. The van der Waals surface area contributed by atoms with Crippen molar-refractivity contribution in [2.24, 2.45) is 5.73 Å². The van der Waals surface area contributed by atoms with Crippen LogP contribution in [0.2, 0.25) is 0 Å². The molecule has 2 N–H and O–H groups in total. The molecule has 0 bridgehead atoms. The van der Waals surface area contributed by atoms with Gasteiger partial charge in [-0.3, -0.25) is 4.57 Å². The van der Waals surface area contributed by atoms with Gasteiger partial charge in [-0.2, -0.15) is 5.26 Å². The number of aryl methyl sites for hydroxylation is 1. The van der Waals surface area contributed by atoms with Crippen molar-refractivity contribution in [1.82, 2.24) is 14.5 Å². The zero-order valence-electron chi connectivity index (χ0n) is 13.3. The summed E-state index contributed by atoms with van der Waals surface area (Å²) in [6, 6.07) is 10.1. The van der Waals surface area contributed by atoms with Crippen LogP contribution in [0.5, 0.6) is 5.88 Å². The summed E-state index contributed by atoms with van der Waals surface area (Å²) in [6.45, 7) is 1.89. The molecule has 1 aliphatic rings. The third-order valence-corrected chi connectivity index (χ3v) is 4.31. The van der Waals surface area contributed by atoms with Gasteiger partial charge >= 0.3 is 0 Å². The summed E-state index contributed by atoms with van der Waals surface area (Å²) in [4.78, 5) is 9.02. The van der Waals surface area contributed by atoms with Crippen molar-refractivity contribution in [3.63, 3.8) is 0 Å². The van der Waals surface area contributed by atoms with Crippen LogP contribution in [-0.2, 0) is 0 Å². The quantitative estimate of drug-likeness (QED) is 0.801. The first-order valence-corrected chi connectivity index (χ1v) is 7.92. The van der Waals surface area contributed by atoms with Gasteiger partial charge < -0.3 is 10.5 Å².